The van der Waals surface area contributed by atoms with Crippen molar-refractivity contribution >= 4 is 39.9 Å². The summed E-state index contributed by atoms with van der Waals surface area (Å²) in [6.07, 6.45) is 3.53. The number of nitriles is 1. The molecule has 3 heterocycles. The zero-order valence-electron chi connectivity index (χ0n) is 10.7. The number of rotatable bonds is 1. The van der Waals surface area contributed by atoms with Gasteiger partial charge in [-0.25, -0.2) is 14.4 Å². The van der Waals surface area contributed by atoms with E-state index in [0.717, 1.165) is 0 Å². The predicted molar refractivity (Wildman–Crippen MR) is 76.7 cm³/mol. The molecule has 0 unspecified atom stereocenters. The van der Waals surface area contributed by atoms with Gasteiger partial charge >= 0.3 is 0 Å². The second-order valence-corrected chi connectivity index (χ2v) is 5.21. The highest BCUT2D eigenvalue weighted by atomic mass is 35.5. The average molecular weight is 327 g/mol. The van der Waals surface area contributed by atoms with E-state index in [4.69, 9.17) is 28.5 Å². The normalized spacial score (nSPS) is 15.3. The molecular weight excluding hydrogens is 318 g/mol. The molecule has 1 aliphatic heterocycles. The topological polar surface area (TPSA) is 68.9 Å². The fraction of sp³-hybridized carbons (Fsp3) is 0.333. The number of pyridine rings is 1. The van der Waals surface area contributed by atoms with Crippen LogP contribution in [0.3, 0.4) is 0 Å². The van der Waals surface area contributed by atoms with Crippen LogP contribution >= 0.6 is 23.2 Å². The van der Waals surface area contributed by atoms with E-state index in [9.17, 15) is 4.39 Å². The van der Waals surface area contributed by atoms with Gasteiger partial charge in [0.2, 0.25) is 5.28 Å². The van der Waals surface area contributed by atoms with Crippen molar-refractivity contribution in [2.45, 2.75) is 0 Å². The predicted octanol–water partition coefficient (Wildman–Crippen LogP) is 2.07. The van der Waals surface area contributed by atoms with Crippen molar-refractivity contribution in [2.24, 2.45) is 0 Å². The average Bonchev–Trinajstić information content (AvgIpc) is 2.51. The lowest BCUT2D eigenvalue weighted by atomic mass is 10.2. The smallest absolute Gasteiger partial charge is 0.225 e. The van der Waals surface area contributed by atoms with Gasteiger partial charge in [0.05, 0.1) is 5.39 Å². The highest BCUT2D eigenvalue weighted by Gasteiger charge is 2.22. The van der Waals surface area contributed by atoms with Gasteiger partial charge in [-0.15, -0.1) is 0 Å². The van der Waals surface area contributed by atoms with Crippen molar-refractivity contribution < 1.29 is 4.39 Å². The van der Waals surface area contributed by atoms with Crippen molar-refractivity contribution in [3.05, 3.63) is 22.5 Å². The first-order valence-electron chi connectivity index (χ1n) is 6.17. The molecule has 21 heavy (non-hydrogen) atoms. The van der Waals surface area contributed by atoms with Crippen LogP contribution in [0.15, 0.2) is 6.20 Å². The van der Waals surface area contributed by atoms with Gasteiger partial charge in [-0.2, -0.15) is 10.2 Å². The maximum absolute atomic E-state index is 14.0. The fourth-order valence-corrected chi connectivity index (χ4v) is 2.55. The first-order chi connectivity index (χ1) is 10.1. The van der Waals surface area contributed by atoms with Gasteiger partial charge in [0.1, 0.15) is 11.3 Å². The zero-order chi connectivity index (χ0) is 15.0. The standard InChI is InChI=1S/C12H9Cl2FN6/c13-10-8(15)9-7(5-17-10)11(19-12(14)18-9)21-3-1-20(6-16)2-4-21/h5H,1-4H2. The SMILES string of the molecule is N#CN1CCN(c2nc(Cl)nc3c(F)c(Cl)ncc23)CC1. The lowest BCUT2D eigenvalue weighted by Crippen LogP contribution is -2.44. The second kappa shape index (κ2) is 5.47. The number of anilines is 1. The second-order valence-electron chi connectivity index (χ2n) is 4.52. The molecule has 0 saturated carbocycles. The molecule has 0 spiro atoms. The molecule has 0 bridgehead atoms. The first kappa shape index (κ1) is 14.0. The molecule has 2 aromatic rings. The summed E-state index contributed by atoms with van der Waals surface area (Å²) in [7, 11) is 0. The van der Waals surface area contributed by atoms with E-state index in [1.165, 1.54) is 6.20 Å². The molecule has 0 atom stereocenters. The minimum atomic E-state index is -0.713. The van der Waals surface area contributed by atoms with Gasteiger partial charge in [-0.3, -0.25) is 0 Å². The van der Waals surface area contributed by atoms with Crippen LogP contribution in [0.1, 0.15) is 0 Å². The maximum atomic E-state index is 14.0. The van der Waals surface area contributed by atoms with E-state index in [1.807, 2.05) is 4.90 Å². The van der Waals surface area contributed by atoms with Crippen LogP contribution in [0.2, 0.25) is 10.4 Å². The Hall–Kier alpha value is -1.91. The van der Waals surface area contributed by atoms with Crippen LogP contribution in [0, 0.1) is 17.3 Å². The summed E-state index contributed by atoms with van der Waals surface area (Å²) < 4.78 is 14.0. The summed E-state index contributed by atoms with van der Waals surface area (Å²) in [5.41, 5.74) is 0.0488. The molecule has 9 heteroatoms. The Morgan fingerprint density at radius 1 is 1.19 bits per heavy atom. The van der Waals surface area contributed by atoms with Gasteiger partial charge in [0.15, 0.2) is 17.2 Å². The van der Waals surface area contributed by atoms with Crippen LogP contribution in [0.4, 0.5) is 10.2 Å². The summed E-state index contributed by atoms with van der Waals surface area (Å²) in [5, 5.41) is 9.01. The largest absolute Gasteiger partial charge is 0.352 e. The molecule has 108 valence electrons. The molecule has 0 radical (unpaired) electrons. The first-order valence-corrected chi connectivity index (χ1v) is 6.92. The third kappa shape index (κ3) is 2.52. The van der Waals surface area contributed by atoms with Crippen LogP contribution < -0.4 is 4.90 Å². The molecule has 0 N–H and O–H groups in total. The Bertz CT molecular complexity index is 739. The Balaban J connectivity index is 2.07. The molecule has 0 aromatic carbocycles. The van der Waals surface area contributed by atoms with Crippen molar-refractivity contribution in [3.63, 3.8) is 0 Å². The molecule has 1 fully saturated rings. The van der Waals surface area contributed by atoms with Gasteiger partial charge < -0.3 is 9.80 Å². The number of piperazine rings is 1. The zero-order valence-corrected chi connectivity index (χ0v) is 12.2. The van der Waals surface area contributed by atoms with E-state index >= 15 is 0 Å². The van der Waals surface area contributed by atoms with Gasteiger partial charge in [-0.05, 0) is 11.6 Å². The fourth-order valence-electron chi connectivity index (χ4n) is 2.25. The summed E-state index contributed by atoms with van der Waals surface area (Å²) in [6, 6.07) is 0. The van der Waals surface area contributed by atoms with Gasteiger partial charge in [0, 0.05) is 32.4 Å². The Morgan fingerprint density at radius 2 is 1.90 bits per heavy atom. The van der Waals surface area contributed by atoms with Gasteiger partial charge in [-0.1, -0.05) is 11.6 Å². The van der Waals surface area contributed by atoms with E-state index < -0.39 is 5.82 Å². The quantitative estimate of drug-likeness (QED) is 0.454. The van der Waals surface area contributed by atoms with Crippen molar-refractivity contribution in [1.82, 2.24) is 19.9 Å². The monoisotopic (exact) mass is 326 g/mol. The highest BCUT2D eigenvalue weighted by Crippen LogP contribution is 2.29. The van der Waals surface area contributed by atoms with E-state index in [1.54, 1.807) is 4.90 Å². The molecular formula is C12H9Cl2FN6. The third-order valence-corrected chi connectivity index (χ3v) is 3.75. The van der Waals surface area contributed by atoms with E-state index in [2.05, 4.69) is 21.1 Å². The number of halogens is 3. The molecule has 3 rings (SSSR count). The number of aromatic nitrogens is 3. The van der Waals surface area contributed by atoms with Crippen molar-refractivity contribution in [3.8, 4) is 6.19 Å². The summed E-state index contributed by atoms with van der Waals surface area (Å²) in [5.74, 6) is -0.207. The summed E-state index contributed by atoms with van der Waals surface area (Å²) in [4.78, 5) is 15.4. The molecule has 0 aliphatic carbocycles. The minimum Gasteiger partial charge on any atom is -0.352 e. The molecule has 6 nitrogen and oxygen atoms in total. The number of nitrogens with zero attached hydrogens (tertiary/aromatic N) is 6. The Kier molecular flexibility index (Phi) is 3.66. The highest BCUT2D eigenvalue weighted by molar-refractivity contribution is 6.30. The Labute approximate surface area is 129 Å². The number of hydrogen-bond donors (Lipinski definition) is 0. The van der Waals surface area contributed by atoms with Crippen LogP contribution in [0.5, 0.6) is 0 Å². The summed E-state index contributed by atoms with van der Waals surface area (Å²) in [6.45, 7) is 2.31. The molecule has 1 saturated heterocycles. The third-order valence-electron chi connectivity index (χ3n) is 3.31. The van der Waals surface area contributed by atoms with E-state index in [-0.39, 0.29) is 16.0 Å². The van der Waals surface area contributed by atoms with Crippen LogP contribution in [-0.4, -0.2) is 46.0 Å². The molecule has 1 aliphatic rings. The van der Waals surface area contributed by atoms with Crippen LogP contribution in [0.25, 0.3) is 10.9 Å². The molecule has 2 aromatic heterocycles. The summed E-state index contributed by atoms with van der Waals surface area (Å²) >= 11 is 11.6. The maximum Gasteiger partial charge on any atom is 0.225 e. The van der Waals surface area contributed by atoms with Crippen LogP contribution in [-0.2, 0) is 0 Å². The number of fused-ring (bicyclic) bond motifs is 1. The molecule has 0 amide bonds. The number of hydrogen-bond acceptors (Lipinski definition) is 6. The lowest BCUT2D eigenvalue weighted by molar-refractivity contribution is 0.362. The lowest BCUT2D eigenvalue weighted by Gasteiger charge is -2.32. The van der Waals surface area contributed by atoms with Gasteiger partial charge in [0.25, 0.3) is 0 Å². The minimum absolute atomic E-state index is 0.0488. The Morgan fingerprint density at radius 3 is 2.57 bits per heavy atom. The van der Waals surface area contributed by atoms with Crippen molar-refractivity contribution in [2.75, 3.05) is 31.1 Å². The van der Waals surface area contributed by atoms with E-state index in [0.29, 0.717) is 37.4 Å². The van der Waals surface area contributed by atoms with Crippen molar-refractivity contribution in [1.29, 1.82) is 5.26 Å².